The van der Waals surface area contributed by atoms with Crippen LogP contribution in [0.1, 0.15) is 51.4 Å². The number of nitrogens with zero attached hydrogens (tertiary/aromatic N) is 1. The highest BCUT2D eigenvalue weighted by Gasteiger charge is 2.30. The van der Waals surface area contributed by atoms with Gasteiger partial charge >= 0.3 is 0 Å². The molecule has 3 nitrogen and oxygen atoms in total. The zero-order valence-corrected chi connectivity index (χ0v) is 15.1. The van der Waals surface area contributed by atoms with E-state index in [4.69, 9.17) is 0 Å². The number of hydrogen-bond acceptors (Lipinski definition) is 3. The van der Waals surface area contributed by atoms with Gasteiger partial charge in [-0.3, -0.25) is 0 Å². The third-order valence-corrected chi connectivity index (χ3v) is 7.13. The first-order valence-corrected chi connectivity index (χ1v) is 10.9. The van der Waals surface area contributed by atoms with E-state index in [1.165, 1.54) is 69.2 Å². The zero-order chi connectivity index (χ0) is 17.0. The van der Waals surface area contributed by atoms with Crippen LogP contribution in [-0.4, -0.2) is 38.2 Å². The van der Waals surface area contributed by atoms with Gasteiger partial charge in [0.15, 0.2) is 9.84 Å². The molecule has 2 fully saturated rings. The van der Waals surface area contributed by atoms with Gasteiger partial charge in [0, 0.05) is 12.6 Å². The third kappa shape index (κ3) is 5.03. The molecule has 0 unspecified atom stereocenters. The lowest BCUT2D eigenvalue weighted by molar-refractivity contribution is 0.193. The Labute approximate surface area is 145 Å². The number of sulfone groups is 1. The molecule has 3 rings (SSSR count). The van der Waals surface area contributed by atoms with E-state index in [-0.39, 0.29) is 10.6 Å². The van der Waals surface area contributed by atoms with Crippen LogP contribution < -0.4 is 0 Å². The molecule has 24 heavy (non-hydrogen) atoms. The Morgan fingerprint density at radius 2 is 1.67 bits per heavy atom. The number of benzene rings is 1. The summed E-state index contributed by atoms with van der Waals surface area (Å²) >= 11 is 0. The summed E-state index contributed by atoms with van der Waals surface area (Å²) in [5.74, 6) is 0.543. The Morgan fingerprint density at radius 1 is 1.00 bits per heavy atom. The highest BCUT2D eigenvalue weighted by Crippen LogP contribution is 2.31. The van der Waals surface area contributed by atoms with Gasteiger partial charge in [-0.2, -0.15) is 0 Å². The standard InChI is InChI=1S/C19H28FNO2S/c20-17-7-11-19(12-8-17)24(22,23)14-4-13-21(18-9-10-18)15-16-5-2-1-3-6-16/h7-8,11-12,16,18H,1-6,9-10,13-15H2. The minimum Gasteiger partial charge on any atom is -0.300 e. The summed E-state index contributed by atoms with van der Waals surface area (Å²) in [6, 6.07) is 5.84. The van der Waals surface area contributed by atoms with Crippen molar-refractivity contribution in [2.45, 2.75) is 62.3 Å². The van der Waals surface area contributed by atoms with Gasteiger partial charge < -0.3 is 4.90 Å². The fourth-order valence-electron chi connectivity index (χ4n) is 3.78. The molecule has 1 aromatic rings. The molecule has 0 aromatic heterocycles. The normalized spacial score (nSPS) is 19.8. The van der Waals surface area contributed by atoms with Crippen molar-refractivity contribution in [2.24, 2.45) is 5.92 Å². The molecule has 2 aliphatic rings. The maximum Gasteiger partial charge on any atom is 0.178 e. The highest BCUT2D eigenvalue weighted by molar-refractivity contribution is 7.91. The van der Waals surface area contributed by atoms with E-state index in [0.29, 0.717) is 12.5 Å². The molecule has 0 spiro atoms. The van der Waals surface area contributed by atoms with E-state index in [1.807, 2.05) is 0 Å². The molecule has 5 heteroatoms. The van der Waals surface area contributed by atoms with Gasteiger partial charge in [-0.15, -0.1) is 0 Å². The average Bonchev–Trinajstić information content (AvgIpc) is 3.40. The SMILES string of the molecule is O=S(=O)(CCCN(CC1CCCCC1)C1CC1)c1ccc(F)cc1. The monoisotopic (exact) mass is 353 g/mol. The molecular formula is C19H28FNO2S. The van der Waals surface area contributed by atoms with Crippen LogP contribution in [0.25, 0.3) is 0 Å². The van der Waals surface area contributed by atoms with Crippen molar-refractivity contribution in [3.05, 3.63) is 30.1 Å². The quantitative estimate of drug-likeness (QED) is 0.662. The Balaban J connectivity index is 1.50. The van der Waals surface area contributed by atoms with Crippen LogP contribution in [0.4, 0.5) is 4.39 Å². The van der Waals surface area contributed by atoms with Crippen LogP contribution in [0, 0.1) is 11.7 Å². The summed E-state index contributed by atoms with van der Waals surface area (Å²) in [6.07, 6.45) is 9.91. The first-order valence-electron chi connectivity index (χ1n) is 9.27. The summed E-state index contributed by atoms with van der Waals surface area (Å²) in [4.78, 5) is 2.75. The first-order chi connectivity index (χ1) is 11.5. The summed E-state index contributed by atoms with van der Waals surface area (Å²) in [5, 5.41) is 0. The smallest absolute Gasteiger partial charge is 0.178 e. The molecule has 0 heterocycles. The second-order valence-electron chi connectivity index (χ2n) is 7.36. The zero-order valence-electron chi connectivity index (χ0n) is 14.3. The molecule has 2 aliphatic carbocycles. The van der Waals surface area contributed by atoms with E-state index in [1.54, 1.807) is 0 Å². The van der Waals surface area contributed by atoms with Crippen molar-refractivity contribution in [1.29, 1.82) is 0 Å². The van der Waals surface area contributed by atoms with Crippen molar-refractivity contribution in [3.63, 3.8) is 0 Å². The fraction of sp³-hybridized carbons (Fsp3) is 0.684. The van der Waals surface area contributed by atoms with Crippen molar-refractivity contribution in [2.75, 3.05) is 18.8 Å². The second kappa shape index (κ2) is 7.96. The van der Waals surface area contributed by atoms with Crippen LogP contribution in [-0.2, 0) is 9.84 Å². The van der Waals surface area contributed by atoms with Gasteiger partial charge in [0.05, 0.1) is 10.6 Å². The molecular weight excluding hydrogens is 325 g/mol. The van der Waals surface area contributed by atoms with E-state index in [2.05, 4.69) is 4.90 Å². The van der Waals surface area contributed by atoms with Crippen LogP contribution in [0.5, 0.6) is 0 Å². The van der Waals surface area contributed by atoms with E-state index in [0.717, 1.165) is 19.0 Å². The van der Waals surface area contributed by atoms with Crippen molar-refractivity contribution in [3.8, 4) is 0 Å². The van der Waals surface area contributed by atoms with E-state index < -0.39 is 15.7 Å². The molecule has 0 bridgehead atoms. The van der Waals surface area contributed by atoms with Crippen molar-refractivity contribution >= 4 is 9.84 Å². The predicted molar refractivity (Wildman–Crippen MR) is 94.2 cm³/mol. The third-order valence-electron chi connectivity index (χ3n) is 5.31. The van der Waals surface area contributed by atoms with Gasteiger partial charge in [-0.25, -0.2) is 12.8 Å². The van der Waals surface area contributed by atoms with Gasteiger partial charge in [0.2, 0.25) is 0 Å². The summed E-state index contributed by atoms with van der Waals surface area (Å²) in [6.45, 7) is 2.00. The molecule has 0 saturated heterocycles. The van der Waals surface area contributed by atoms with Gasteiger partial charge in [-0.05, 0) is 68.8 Å². The molecule has 0 atom stereocenters. The van der Waals surface area contributed by atoms with Crippen LogP contribution >= 0.6 is 0 Å². The number of hydrogen-bond donors (Lipinski definition) is 0. The molecule has 0 N–H and O–H groups in total. The number of rotatable bonds is 8. The van der Waals surface area contributed by atoms with E-state index >= 15 is 0 Å². The van der Waals surface area contributed by atoms with Gasteiger partial charge in [0.1, 0.15) is 5.82 Å². The Morgan fingerprint density at radius 3 is 2.29 bits per heavy atom. The maximum atomic E-state index is 12.9. The topological polar surface area (TPSA) is 37.4 Å². The summed E-state index contributed by atoms with van der Waals surface area (Å²) in [5.41, 5.74) is 0. The Hall–Kier alpha value is -0.940. The molecule has 0 radical (unpaired) electrons. The minimum absolute atomic E-state index is 0.145. The average molecular weight is 354 g/mol. The minimum atomic E-state index is -3.30. The largest absolute Gasteiger partial charge is 0.300 e. The Kier molecular flexibility index (Phi) is 5.93. The lowest BCUT2D eigenvalue weighted by Crippen LogP contribution is -2.34. The van der Waals surface area contributed by atoms with E-state index in [9.17, 15) is 12.8 Å². The van der Waals surface area contributed by atoms with Gasteiger partial charge in [-0.1, -0.05) is 19.3 Å². The van der Waals surface area contributed by atoms with Crippen molar-refractivity contribution in [1.82, 2.24) is 4.90 Å². The summed E-state index contributed by atoms with van der Waals surface area (Å²) < 4.78 is 37.7. The highest BCUT2D eigenvalue weighted by atomic mass is 32.2. The summed E-state index contributed by atoms with van der Waals surface area (Å²) in [7, 11) is -3.30. The molecule has 0 aliphatic heterocycles. The first kappa shape index (κ1) is 17.9. The predicted octanol–water partition coefficient (Wildman–Crippen LogP) is 4.03. The molecule has 1 aromatic carbocycles. The molecule has 134 valence electrons. The fourth-order valence-corrected chi connectivity index (χ4v) is 5.08. The van der Waals surface area contributed by atoms with Gasteiger partial charge in [0.25, 0.3) is 0 Å². The lowest BCUT2D eigenvalue weighted by atomic mass is 9.89. The molecule has 0 amide bonds. The van der Waals surface area contributed by atoms with Crippen LogP contribution in [0.15, 0.2) is 29.2 Å². The Bertz CT molecular complexity index is 619. The van der Waals surface area contributed by atoms with Crippen LogP contribution in [0.2, 0.25) is 0 Å². The number of halogens is 1. The lowest BCUT2D eigenvalue weighted by Gasteiger charge is -2.29. The van der Waals surface area contributed by atoms with Crippen LogP contribution in [0.3, 0.4) is 0 Å². The maximum absolute atomic E-state index is 12.9. The molecule has 2 saturated carbocycles. The second-order valence-corrected chi connectivity index (χ2v) is 9.47. The van der Waals surface area contributed by atoms with Crippen molar-refractivity contribution < 1.29 is 12.8 Å².